The van der Waals surface area contributed by atoms with E-state index in [1.165, 1.54) is 0 Å². The van der Waals surface area contributed by atoms with Crippen molar-refractivity contribution >= 4 is 7.75 Å². The molecule has 0 saturated carbocycles. The third-order valence-corrected chi connectivity index (χ3v) is 5.31. The molecule has 14 heteroatoms. The lowest BCUT2D eigenvalue weighted by molar-refractivity contribution is -0.161. The Balaban J connectivity index is 2.88. The second kappa shape index (κ2) is 8.47. The van der Waals surface area contributed by atoms with E-state index in [0.717, 1.165) is 4.67 Å². The highest BCUT2D eigenvalue weighted by atomic mass is 31.2. The number of hydrogen-bond donors (Lipinski definition) is 0. The Morgan fingerprint density at radius 1 is 0.880 bits per heavy atom. The van der Waals surface area contributed by atoms with Crippen molar-refractivity contribution in [3.8, 4) is 0 Å². The SMILES string of the molecule is CN1CCN(P(=O)(OCC(F)(F)C(F)F)OCC(F)(F)C(F)F)CC1. The number of halogens is 8. The molecule has 1 aliphatic heterocycles. The first-order valence-corrected chi connectivity index (χ1v) is 8.45. The molecule has 1 aliphatic rings. The van der Waals surface area contributed by atoms with E-state index in [2.05, 4.69) is 9.05 Å². The van der Waals surface area contributed by atoms with Crippen molar-refractivity contribution < 1.29 is 48.7 Å². The van der Waals surface area contributed by atoms with Crippen molar-refractivity contribution in [1.82, 2.24) is 9.57 Å². The Morgan fingerprint density at radius 3 is 1.56 bits per heavy atom. The minimum Gasteiger partial charge on any atom is -0.304 e. The maximum Gasteiger partial charge on any atom is 0.408 e. The number of likely N-dealkylation sites (N-methyl/N-ethyl adjacent to an activating group) is 1. The summed E-state index contributed by atoms with van der Waals surface area (Å²) in [6.45, 7) is -4.01. The second-order valence-corrected chi connectivity index (χ2v) is 7.42. The largest absolute Gasteiger partial charge is 0.408 e. The fourth-order valence-electron chi connectivity index (χ4n) is 1.70. The van der Waals surface area contributed by atoms with Gasteiger partial charge in [-0.05, 0) is 7.05 Å². The zero-order valence-corrected chi connectivity index (χ0v) is 13.9. The molecule has 0 bridgehead atoms. The predicted molar refractivity (Wildman–Crippen MR) is 70.5 cm³/mol. The van der Waals surface area contributed by atoms with E-state index in [1.807, 2.05) is 0 Å². The molecular weight excluding hydrogens is 391 g/mol. The molecule has 0 amide bonds. The van der Waals surface area contributed by atoms with Crippen LogP contribution in [0.2, 0.25) is 0 Å². The van der Waals surface area contributed by atoms with Gasteiger partial charge in [-0.3, -0.25) is 9.05 Å². The monoisotopic (exact) mass is 408 g/mol. The van der Waals surface area contributed by atoms with Gasteiger partial charge in [0.2, 0.25) is 0 Å². The predicted octanol–water partition coefficient (Wildman–Crippen LogP) is 3.18. The van der Waals surface area contributed by atoms with E-state index in [4.69, 9.17) is 0 Å². The fraction of sp³-hybridized carbons (Fsp3) is 1.00. The number of hydrogen-bond acceptors (Lipinski definition) is 4. The zero-order chi connectivity index (χ0) is 19.5. The van der Waals surface area contributed by atoms with Gasteiger partial charge in [0.1, 0.15) is 13.2 Å². The highest BCUT2D eigenvalue weighted by Gasteiger charge is 2.48. The standard InChI is InChI=1S/C11H17F8N2O3P/c1-20-2-4-21(5-3-20)25(22,23-6-10(16,17)8(12)13)24-7-11(18,19)9(14)15/h8-9H,2-7H2,1H3. The Labute approximate surface area is 138 Å². The smallest absolute Gasteiger partial charge is 0.304 e. The van der Waals surface area contributed by atoms with Gasteiger partial charge in [-0.25, -0.2) is 26.8 Å². The molecule has 0 aromatic heterocycles. The summed E-state index contributed by atoms with van der Waals surface area (Å²) < 4.78 is 122. The lowest BCUT2D eigenvalue weighted by Crippen LogP contribution is -2.44. The minimum absolute atomic E-state index is 0.145. The molecule has 0 unspecified atom stereocenters. The van der Waals surface area contributed by atoms with Crippen LogP contribution in [-0.4, -0.2) is 80.7 Å². The van der Waals surface area contributed by atoms with Crippen LogP contribution in [-0.2, 0) is 13.6 Å². The van der Waals surface area contributed by atoms with Crippen molar-refractivity contribution in [2.24, 2.45) is 0 Å². The summed E-state index contributed by atoms with van der Waals surface area (Å²) >= 11 is 0. The van der Waals surface area contributed by atoms with Crippen LogP contribution in [0.5, 0.6) is 0 Å². The molecule has 0 aromatic rings. The van der Waals surface area contributed by atoms with Gasteiger partial charge in [-0.15, -0.1) is 0 Å². The summed E-state index contributed by atoms with van der Waals surface area (Å²) in [4.78, 5) is 1.71. The average Bonchev–Trinajstić information content (AvgIpc) is 2.51. The molecule has 25 heavy (non-hydrogen) atoms. The molecule has 1 saturated heterocycles. The molecule has 1 fully saturated rings. The lowest BCUT2D eigenvalue weighted by Gasteiger charge is -2.36. The quantitative estimate of drug-likeness (QED) is 0.433. The first-order chi connectivity index (χ1) is 11.3. The van der Waals surface area contributed by atoms with Gasteiger partial charge in [0.25, 0.3) is 0 Å². The molecule has 0 spiro atoms. The second-order valence-electron chi connectivity index (χ2n) is 5.40. The van der Waals surface area contributed by atoms with Crippen molar-refractivity contribution in [3.05, 3.63) is 0 Å². The molecule has 0 N–H and O–H groups in total. The van der Waals surface area contributed by atoms with Gasteiger partial charge in [0.05, 0.1) is 0 Å². The molecule has 5 nitrogen and oxygen atoms in total. The van der Waals surface area contributed by atoms with Crippen LogP contribution < -0.4 is 0 Å². The average molecular weight is 408 g/mol. The summed E-state index contributed by atoms with van der Waals surface area (Å²) in [5, 5.41) is 0. The zero-order valence-electron chi connectivity index (χ0n) is 13.0. The maximum atomic E-state index is 13.0. The van der Waals surface area contributed by atoms with E-state index in [1.54, 1.807) is 11.9 Å². The summed E-state index contributed by atoms with van der Waals surface area (Å²) in [7, 11) is -3.26. The summed E-state index contributed by atoms with van der Waals surface area (Å²) in [6.07, 6.45) is -8.31. The number of piperazine rings is 1. The Bertz CT molecular complexity index is 446. The molecule has 0 atom stereocenters. The van der Waals surface area contributed by atoms with Crippen LogP contribution in [0.3, 0.4) is 0 Å². The minimum atomic E-state index is -4.91. The van der Waals surface area contributed by atoms with Crippen LogP contribution in [0.15, 0.2) is 0 Å². The highest BCUT2D eigenvalue weighted by Crippen LogP contribution is 2.54. The van der Waals surface area contributed by atoms with Crippen molar-refractivity contribution in [1.29, 1.82) is 0 Å². The van der Waals surface area contributed by atoms with Crippen LogP contribution in [0.25, 0.3) is 0 Å². The first kappa shape index (κ1) is 22.6. The first-order valence-electron chi connectivity index (χ1n) is 6.95. The van der Waals surface area contributed by atoms with Crippen LogP contribution in [0, 0.1) is 0 Å². The van der Waals surface area contributed by atoms with Gasteiger partial charge in [-0.2, -0.15) is 17.6 Å². The van der Waals surface area contributed by atoms with Crippen molar-refractivity contribution in [3.63, 3.8) is 0 Å². The summed E-state index contributed by atoms with van der Waals surface area (Å²) in [5.74, 6) is -9.42. The van der Waals surface area contributed by atoms with Crippen LogP contribution in [0.1, 0.15) is 0 Å². The molecule has 0 aromatic carbocycles. The topological polar surface area (TPSA) is 42.0 Å². The fourth-order valence-corrected chi connectivity index (χ4v) is 3.44. The maximum absolute atomic E-state index is 13.0. The van der Waals surface area contributed by atoms with Crippen LogP contribution >= 0.6 is 7.75 Å². The molecule has 150 valence electrons. The van der Waals surface area contributed by atoms with Crippen molar-refractivity contribution in [2.75, 3.05) is 46.4 Å². The summed E-state index contributed by atoms with van der Waals surface area (Å²) in [5.41, 5.74) is 0. The van der Waals surface area contributed by atoms with E-state index >= 15 is 0 Å². The van der Waals surface area contributed by atoms with E-state index in [9.17, 15) is 39.7 Å². The van der Waals surface area contributed by atoms with Crippen LogP contribution in [0.4, 0.5) is 35.1 Å². The van der Waals surface area contributed by atoms with Gasteiger partial charge in [0, 0.05) is 26.2 Å². The summed E-state index contributed by atoms with van der Waals surface area (Å²) in [6, 6.07) is 0. The van der Waals surface area contributed by atoms with E-state index < -0.39 is 45.7 Å². The lowest BCUT2D eigenvalue weighted by atomic mass is 10.4. The van der Waals surface area contributed by atoms with Gasteiger partial charge >= 0.3 is 32.4 Å². The Morgan fingerprint density at radius 2 is 1.24 bits per heavy atom. The van der Waals surface area contributed by atoms with E-state index in [0.29, 0.717) is 0 Å². The van der Waals surface area contributed by atoms with Gasteiger partial charge < -0.3 is 4.90 Å². The van der Waals surface area contributed by atoms with Crippen molar-refractivity contribution in [2.45, 2.75) is 24.7 Å². The molecule has 0 radical (unpaired) electrons. The normalized spacial score (nSPS) is 19.2. The number of rotatable bonds is 9. The molecule has 1 heterocycles. The molecule has 0 aliphatic carbocycles. The molecule has 1 rings (SSSR count). The van der Waals surface area contributed by atoms with Gasteiger partial charge in [0.15, 0.2) is 0 Å². The number of alkyl halides is 8. The third kappa shape index (κ3) is 6.31. The highest BCUT2D eigenvalue weighted by molar-refractivity contribution is 7.51. The van der Waals surface area contributed by atoms with Gasteiger partial charge in [-0.1, -0.05) is 0 Å². The Kier molecular flexibility index (Phi) is 7.64. The third-order valence-electron chi connectivity index (χ3n) is 3.30. The molecular formula is C11H17F8N2O3P. The van der Waals surface area contributed by atoms with E-state index in [-0.39, 0.29) is 26.2 Å². The Hall–Kier alpha value is -0.490. The number of nitrogens with zero attached hydrogens (tertiary/aromatic N) is 2.